The molecule has 0 spiro atoms. The number of nitrogens with one attached hydrogen (secondary N) is 3. The molecule has 2 fully saturated rings. The Kier molecular flexibility index (Phi) is 18.2. The molecule has 246 valence electrons. The number of benzene rings is 1. The smallest absolute Gasteiger partial charge is 0.243 e. The highest BCUT2D eigenvalue weighted by Crippen LogP contribution is 2.33. The molecule has 2 amide bonds. The minimum Gasteiger partial charge on any atom is -0.373 e. The van der Waals surface area contributed by atoms with E-state index in [2.05, 4.69) is 39.0 Å². The molecule has 3 N–H and O–H groups in total. The lowest BCUT2D eigenvalue weighted by atomic mass is 10.0. The predicted molar refractivity (Wildman–Crippen MR) is 181 cm³/mol. The number of hydrogen-bond donors (Lipinski definition) is 3. The van der Waals surface area contributed by atoms with Gasteiger partial charge in [-0.05, 0) is 62.6 Å². The molecule has 1 aromatic carbocycles. The van der Waals surface area contributed by atoms with Gasteiger partial charge in [-0.15, -0.1) is 0 Å². The number of aromatic nitrogens is 2. The molecule has 43 heavy (non-hydrogen) atoms. The Balaban J connectivity index is 0. The normalized spacial score (nSPS) is 16.2. The van der Waals surface area contributed by atoms with Crippen LogP contribution in [-0.4, -0.2) is 45.3 Å². The first kappa shape index (κ1) is 37.9. The highest BCUT2D eigenvalue weighted by atomic mass is 19.1. The number of aromatic amines is 1. The van der Waals surface area contributed by atoms with E-state index in [0.717, 1.165) is 43.5 Å². The number of H-pyrrole nitrogens is 1. The van der Waals surface area contributed by atoms with Crippen LogP contribution in [0.4, 0.5) is 4.39 Å². The maximum atomic E-state index is 14.5. The number of rotatable bonds is 12. The summed E-state index contributed by atoms with van der Waals surface area (Å²) in [5.74, 6) is 0.487. The molecule has 1 saturated heterocycles. The molecule has 2 atom stereocenters. The summed E-state index contributed by atoms with van der Waals surface area (Å²) in [6.07, 6.45) is 9.80. The third kappa shape index (κ3) is 12.5. The molecule has 7 nitrogen and oxygen atoms in total. The Bertz CT molecular complexity index is 1120. The van der Waals surface area contributed by atoms with E-state index in [4.69, 9.17) is 0 Å². The van der Waals surface area contributed by atoms with Gasteiger partial charge in [0, 0.05) is 39.5 Å². The summed E-state index contributed by atoms with van der Waals surface area (Å²) < 4.78 is 14.5. The molecule has 0 bridgehead atoms. The average molecular weight is 604 g/mol. The van der Waals surface area contributed by atoms with Crippen molar-refractivity contribution in [1.29, 1.82) is 0 Å². The number of aryl methyl sites for hydroxylation is 1. The highest BCUT2D eigenvalue weighted by Gasteiger charge is 2.28. The quantitative estimate of drug-likeness (QED) is 0.227. The number of hydrogen-bond acceptors (Lipinski definition) is 4. The first-order chi connectivity index (χ1) is 20.8. The van der Waals surface area contributed by atoms with Crippen molar-refractivity contribution in [3.63, 3.8) is 0 Å². The van der Waals surface area contributed by atoms with E-state index >= 15 is 0 Å². The summed E-state index contributed by atoms with van der Waals surface area (Å²) in [6.45, 7) is 21.5. The number of imidazole rings is 1. The van der Waals surface area contributed by atoms with Crippen molar-refractivity contribution in [2.75, 3.05) is 6.54 Å². The largest absolute Gasteiger partial charge is 0.373 e. The standard InChI is InChI=1S/C29H40FN5O2.3C2H6.2H2/c1-4-21-10-12-23(24(30)16-21)26-17-31-27(33-26)18-32-29(37)25(34-28(36)13-11-22-8-9-22)15-20(3)35-14-6-5-7-19(35)2;3*1-2;;/h10,12,16-17,19,22,25H,3-9,11,13-15,18H2,1-2H3,(H,31,33)(H,32,37)(H,34,36);3*1-2H3;2*1H/t19-,25-;;;;;/m0...../s1. The molecular formula is C35H62FN5O2. The molecule has 2 aromatic rings. The number of carbonyl (C=O) groups is 2. The van der Waals surface area contributed by atoms with Gasteiger partial charge >= 0.3 is 0 Å². The fourth-order valence-corrected chi connectivity index (χ4v) is 5.02. The van der Waals surface area contributed by atoms with Gasteiger partial charge in [0.2, 0.25) is 11.8 Å². The Morgan fingerprint density at radius 2 is 1.84 bits per heavy atom. The van der Waals surface area contributed by atoms with Crippen LogP contribution in [0.5, 0.6) is 0 Å². The first-order valence-electron chi connectivity index (χ1n) is 16.7. The lowest BCUT2D eigenvalue weighted by molar-refractivity contribution is -0.129. The Morgan fingerprint density at radius 3 is 2.44 bits per heavy atom. The van der Waals surface area contributed by atoms with Crippen molar-refractivity contribution in [3.8, 4) is 11.3 Å². The van der Waals surface area contributed by atoms with Crippen LogP contribution in [0, 0.1) is 11.7 Å². The predicted octanol–water partition coefficient (Wildman–Crippen LogP) is 8.42. The number of nitrogens with zero attached hydrogens (tertiary/aromatic N) is 2. The average Bonchev–Trinajstić information content (AvgIpc) is 3.76. The zero-order chi connectivity index (χ0) is 32.4. The molecule has 1 saturated carbocycles. The van der Waals surface area contributed by atoms with Crippen molar-refractivity contribution in [3.05, 3.63) is 53.9 Å². The van der Waals surface area contributed by atoms with Crippen LogP contribution in [0.2, 0.25) is 0 Å². The molecule has 2 aliphatic rings. The van der Waals surface area contributed by atoms with E-state index < -0.39 is 6.04 Å². The van der Waals surface area contributed by atoms with E-state index in [1.54, 1.807) is 12.3 Å². The number of likely N-dealkylation sites (tertiary alicyclic amines) is 1. The third-order valence-electron chi connectivity index (χ3n) is 7.57. The SMILES string of the molecule is C=C(C[C@H](NC(=O)CCC1CC1)C(=O)NCc1ncc(-c2ccc(CC)cc2F)[nH]1)N1CCCC[C@@H]1C.CC.CC.CC.[HH].[HH]. The fourth-order valence-electron chi connectivity index (χ4n) is 5.02. The fraction of sp³-hybridized carbons (Fsp3) is 0.629. The molecule has 2 heterocycles. The zero-order valence-electron chi connectivity index (χ0n) is 28.1. The Morgan fingerprint density at radius 1 is 1.14 bits per heavy atom. The van der Waals surface area contributed by atoms with E-state index in [0.29, 0.717) is 41.9 Å². The number of amides is 2. The van der Waals surface area contributed by atoms with Crippen molar-refractivity contribution in [2.45, 2.75) is 132 Å². The van der Waals surface area contributed by atoms with Gasteiger partial charge in [0.05, 0.1) is 18.4 Å². The van der Waals surface area contributed by atoms with E-state index in [1.165, 1.54) is 25.3 Å². The lowest BCUT2D eigenvalue weighted by Crippen LogP contribution is -2.48. The van der Waals surface area contributed by atoms with Gasteiger partial charge in [0.25, 0.3) is 0 Å². The number of halogens is 1. The van der Waals surface area contributed by atoms with Gasteiger partial charge in [-0.3, -0.25) is 9.59 Å². The monoisotopic (exact) mass is 603 g/mol. The van der Waals surface area contributed by atoms with Crippen LogP contribution >= 0.6 is 0 Å². The molecule has 1 aliphatic heterocycles. The van der Waals surface area contributed by atoms with Gasteiger partial charge in [0.1, 0.15) is 17.7 Å². The summed E-state index contributed by atoms with van der Waals surface area (Å²) in [4.78, 5) is 35.5. The minimum atomic E-state index is -0.707. The molecule has 1 aliphatic carbocycles. The lowest BCUT2D eigenvalue weighted by Gasteiger charge is -2.37. The Hall–Kier alpha value is -3.16. The first-order valence-corrected chi connectivity index (χ1v) is 16.7. The van der Waals surface area contributed by atoms with Crippen molar-refractivity contribution in [1.82, 2.24) is 25.5 Å². The van der Waals surface area contributed by atoms with Crippen LogP contribution < -0.4 is 10.6 Å². The van der Waals surface area contributed by atoms with Crippen LogP contribution in [-0.2, 0) is 22.6 Å². The minimum absolute atomic E-state index is 0. The molecule has 0 unspecified atom stereocenters. The van der Waals surface area contributed by atoms with Crippen molar-refractivity contribution in [2.24, 2.45) is 5.92 Å². The molecule has 4 rings (SSSR count). The van der Waals surface area contributed by atoms with Gasteiger partial charge < -0.3 is 20.5 Å². The topological polar surface area (TPSA) is 90.1 Å². The maximum absolute atomic E-state index is 14.5. The van der Waals surface area contributed by atoms with Gasteiger partial charge in [0.15, 0.2) is 0 Å². The summed E-state index contributed by atoms with van der Waals surface area (Å²) >= 11 is 0. The molecular weight excluding hydrogens is 541 g/mol. The van der Waals surface area contributed by atoms with Crippen LogP contribution in [0.25, 0.3) is 11.3 Å². The second-order valence-corrected chi connectivity index (χ2v) is 10.5. The van der Waals surface area contributed by atoms with Gasteiger partial charge in [-0.2, -0.15) is 0 Å². The van der Waals surface area contributed by atoms with Crippen LogP contribution in [0.15, 0.2) is 36.7 Å². The zero-order valence-corrected chi connectivity index (χ0v) is 28.1. The molecule has 8 heteroatoms. The number of carbonyl (C=O) groups excluding carboxylic acids is 2. The summed E-state index contributed by atoms with van der Waals surface area (Å²) in [7, 11) is 0. The third-order valence-corrected chi connectivity index (χ3v) is 7.57. The van der Waals surface area contributed by atoms with Crippen LogP contribution in [0.1, 0.15) is 121 Å². The second-order valence-electron chi connectivity index (χ2n) is 10.5. The molecule has 0 radical (unpaired) electrons. The van der Waals surface area contributed by atoms with E-state index in [9.17, 15) is 14.0 Å². The molecule has 1 aromatic heterocycles. The van der Waals surface area contributed by atoms with Crippen LogP contribution in [0.3, 0.4) is 0 Å². The van der Waals surface area contributed by atoms with Crippen molar-refractivity contribution >= 4 is 11.8 Å². The second kappa shape index (κ2) is 20.7. The van der Waals surface area contributed by atoms with Crippen molar-refractivity contribution < 1.29 is 16.8 Å². The van der Waals surface area contributed by atoms with Gasteiger partial charge in [-0.1, -0.05) is 74.0 Å². The summed E-state index contributed by atoms with van der Waals surface area (Å²) in [5, 5.41) is 5.85. The maximum Gasteiger partial charge on any atom is 0.243 e. The highest BCUT2D eigenvalue weighted by molar-refractivity contribution is 5.87. The van der Waals surface area contributed by atoms with Gasteiger partial charge in [-0.25, -0.2) is 9.37 Å². The number of piperidine rings is 1. The van der Waals surface area contributed by atoms with E-state index in [-0.39, 0.29) is 27.0 Å². The summed E-state index contributed by atoms with van der Waals surface area (Å²) in [5.41, 5.74) is 2.80. The Labute approximate surface area is 263 Å². The van der Waals surface area contributed by atoms with E-state index in [1.807, 2.05) is 54.5 Å². The summed E-state index contributed by atoms with van der Waals surface area (Å²) in [6, 6.07) is 4.84.